The molecule has 1 aliphatic carbocycles. The average molecular weight is 198 g/mol. The smallest absolute Gasteiger partial charge is 0.0220 e. The van der Waals surface area contributed by atoms with E-state index in [4.69, 9.17) is 0 Å². The minimum absolute atomic E-state index is 0.763. The molecule has 0 aromatic rings. The molecule has 2 nitrogen and oxygen atoms in total. The van der Waals surface area contributed by atoms with Gasteiger partial charge >= 0.3 is 0 Å². The molecule has 1 atom stereocenters. The van der Waals surface area contributed by atoms with Crippen LogP contribution in [-0.4, -0.2) is 37.1 Å². The van der Waals surface area contributed by atoms with Crippen molar-refractivity contribution in [2.75, 3.05) is 20.1 Å². The second kappa shape index (κ2) is 6.41. The lowest BCUT2D eigenvalue weighted by atomic mass is 10.1. The summed E-state index contributed by atoms with van der Waals surface area (Å²) < 4.78 is 0. The number of likely N-dealkylation sites (N-methyl/N-ethyl adjacent to an activating group) is 1. The van der Waals surface area contributed by atoms with Crippen molar-refractivity contribution in [3.63, 3.8) is 0 Å². The molecule has 2 heteroatoms. The molecule has 0 spiro atoms. The van der Waals surface area contributed by atoms with Crippen LogP contribution in [0.2, 0.25) is 0 Å². The topological polar surface area (TPSA) is 15.3 Å². The van der Waals surface area contributed by atoms with Gasteiger partial charge in [0.1, 0.15) is 0 Å². The Labute approximate surface area is 89.1 Å². The molecular weight excluding hydrogens is 172 g/mol. The summed E-state index contributed by atoms with van der Waals surface area (Å²) in [5.74, 6) is 0. The van der Waals surface area contributed by atoms with Gasteiger partial charge in [0.05, 0.1) is 0 Å². The van der Waals surface area contributed by atoms with Crippen molar-refractivity contribution in [3.8, 4) is 0 Å². The fourth-order valence-electron chi connectivity index (χ4n) is 2.14. The van der Waals surface area contributed by atoms with Crippen LogP contribution in [0.5, 0.6) is 0 Å². The van der Waals surface area contributed by atoms with Crippen LogP contribution < -0.4 is 5.32 Å². The molecule has 0 aliphatic heterocycles. The van der Waals surface area contributed by atoms with Crippen molar-refractivity contribution in [2.24, 2.45) is 0 Å². The third kappa shape index (κ3) is 3.58. The van der Waals surface area contributed by atoms with Gasteiger partial charge in [-0.2, -0.15) is 0 Å². The van der Waals surface area contributed by atoms with Crippen LogP contribution in [0.15, 0.2) is 0 Å². The molecule has 0 radical (unpaired) electrons. The zero-order valence-corrected chi connectivity index (χ0v) is 10.1. The largest absolute Gasteiger partial charge is 0.318 e. The lowest BCUT2D eigenvalue weighted by molar-refractivity contribution is 0.176. The molecule has 0 amide bonds. The Bertz CT molecular complexity index is 143. The Morgan fingerprint density at radius 2 is 2.07 bits per heavy atom. The van der Waals surface area contributed by atoms with Crippen LogP contribution in [0.1, 0.15) is 46.0 Å². The fourth-order valence-corrected chi connectivity index (χ4v) is 2.14. The summed E-state index contributed by atoms with van der Waals surface area (Å²) in [4.78, 5) is 2.74. The molecule has 84 valence electrons. The molecule has 0 aromatic heterocycles. The van der Waals surface area contributed by atoms with Crippen LogP contribution >= 0.6 is 0 Å². The van der Waals surface area contributed by atoms with Gasteiger partial charge in [-0.15, -0.1) is 0 Å². The second-order valence-electron chi connectivity index (χ2n) is 4.44. The van der Waals surface area contributed by atoms with E-state index in [1.807, 2.05) is 0 Å². The molecule has 1 aliphatic rings. The van der Waals surface area contributed by atoms with E-state index in [-0.39, 0.29) is 0 Å². The monoisotopic (exact) mass is 198 g/mol. The van der Waals surface area contributed by atoms with Crippen LogP contribution in [0.3, 0.4) is 0 Å². The maximum Gasteiger partial charge on any atom is 0.0220 e. The highest BCUT2D eigenvalue weighted by Gasteiger charge is 2.32. The number of unbranched alkanes of at least 4 members (excludes halogenated alkanes) is 1. The summed E-state index contributed by atoms with van der Waals surface area (Å²) in [5.41, 5.74) is 0. The first-order valence-corrected chi connectivity index (χ1v) is 6.23. The Balaban J connectivity index is 2.37. The summed E-state index contributed by atoms with van der Waals surface area (Å²) >= 11 is 0. The van der Waals surface area contributed by atoms with Crippen molar-refractivity contribution in [1.29, 1.82) is 0 Å². The van der Waals surface area contributed by atoms with Gasteiger partial charge in [-0.25, -0.2) is 0 Å². The van der Waals surface area contributed by atoms with Crippen molar-refractivity contribution >= 4 is 0 Å². The minimum atomic E-state index is 0.763. The Kier molecular flexibility index (Phi) is 5.49. The molecule has 1 unspecified atom stereocenters. The van der Waals surface area contributed by atoms with E-state index in [2.05, 4.69) is 31.1 Å². The van der Waals surface area contributed by atoms with Crippen LogP contribution in [0.25, 0.3) is 0 Å². The van der Waals surface area contributed by atoms with Gasteiger partial charge in [0.15, 0.2) is 0 Å². The van der Waals surface area contributed by atoms with Gasteiger partial charge < -0.3 is 5.32 Å². The van der Waals surface area contributed by atoms with E-state index in [9.17, 15) is 0 Å². The third-order valence-electron chi connectivity index (χ3n) is 3.17. The van der Waals surface area contributed by atoms with Gasteiger partial charge in [-0.3, -0.25) is 4.90 Å². The van der Waals surface area contributed by atoms with Gasteiger partial charge in [0.25, 0.3) is 0 Å². The molecule has 1 fully saturated rings. The Hall–Kier alpha value is -0.0800. The molecule has 0 aromatic carbocycles. The van der Waals surface area contributed by atoms with Gasteiger partial charge in [0.2, 0.25) is 0 Å². The Morgan fingerprint density at radius 1 is 1.36 bits per heavy atom. The number of hydrogen-bond donors (Lipinski definition) is 1. The van der Waals surface area contributed by atoms with E-state index < -0.39 is 0 Å². The van der Waals surface area contributed by atoms with Crippen molar-refractivity contribution < 1.29 is 0 Å². The normalized spacial score (nSPS) is 18.9. The van der Waals surface area contributed by atoms with Gasteiger partial charge in [-0.1, -0.05) is 20.3 Å². The molecular formula is C12H26N2. The van der Waals surface area contributed by atoms with Gasteiger partial charge in [0, 0.05) is 18.6 Å². The molecule has 1 rings (SSSR count). The standard InChI is InChI=1S/C12H26N2/c1-4-6-9-14(12-7-8-12)11(5-2)10-13-3/h11-13H,4-10H2,1-3H3. The van der Waals surface area contributed by atoms with Crippen LogP contribution in [0, 0.1) is 0 Å². The number of nitrogens with zero attached hydrogens (tertiary/aromatic N) is 1. The number of hydrogen-bond acceptors (Lipinski definition) is 2. The summed E-state index contributed by atoms with van der Waals surface area (Å²) in [7, 11) is 2.06. The highest BCUT2D eigenvalue weighted by Crippen LogP contribution is 2.29. The fraction of sp³-hybridized carbons (Fsp3) is 1.00. The van der Waals surface area contributed by atoms with E-state index in [1.165, 1.54) is 38.6 Å². The maximum absolute atomic E-state index is 3.32. The van der Waals surface area contributed by atoms with E-state index in [0.717, 1.165) is 18.6 Å². The first kappa shape index (κ1) is 12.0. The third-order valence-corrected chi connectivity index (χ3v) is 3.17. The minimum Gasteiger partial charge on any atom is -0.318 e. The van der Waals surface area contributed by atoms with Crippen LogP contribution in [0.4, 0.5) is 0 Å². The average Bonchev–Trinajstić information content (AvgIpc) is 3.00. The highest BCUT2D eigenvalue weighted by molar-refractivity contribution is 4.88. The zero-order chi connectivity index (χ0) is 10.4. The first-order chi connectivity index (χ1) is 6.83. The summed E-state index contributed by atoms with van der Waals surface area (Å²) in [5, 5.41) is 3.32. The maximum atomic E-state index is 3.32. The lowest BCUT2D eigenvalue weighted by Crippen LogP contribution is -2.43. The zero-order valence-electron chi connectivity index (χ0n) is 10.1. The second-order valence-corrected chi connectivity index (χ2v) is 4.44. The molecule has 1 N–H and O–H groups in total. The van der Waals surface area contributed by atoms with Crippen molar-refractivity contribution in [2.45, 2.75) is 58.0 Å². The number of rotatable bonds is 8. The van der Waals surface area contributed by atoms with Crippen LogP contribution in [-0.2, 0) is 0 Å². The highest BCUT2D eigenvalue weighted by atomic mass is 15.2. The predicted molar refractivity (Wildman–Crippen MR) is 62.6 cm³/mol. The molecule has 0 bridgehead atoms. The molecule has 14 heavy (non-hydrogen) atoms. The van der Waals surface area contributed by atoms with E-state index in [0.29, 0.717) is 0 Å². The van der Waals surface area contributed by atoms with E-state index in [1.54, 1.807) is 0 Å². The summed E-state index contributed by atoms with van der Waals surface area (Å²) in [6, 6.07) is 1.68. The van der Waals surface area contributed by atoms with Crippen molar-refractivity contribution in [1.82, 2.24) is 10.2 Å². The van der Waals surface area contributed by atoms with Gasteiger partial charge in [-0.05, 0) is 39.3 Å². The summed E-state index contributed by atoms with van der Waals surface area (Å²) in [6.45, 7) is 7.05. The SMILES string of the molecule is CCCCN(C1CC1)C(CC)CNC. The molecule has 0 heterocycles. The molecule has 1 saturated carbocycles. The lowest BCUT2D eigenvalue weighted by Gasteiger charge is -2.31. The number of nitrogens with one attached hydrogen (secondary N) is 1. The van der Waals surface area contributed by atoms with E-state index >= 15 is 0 Å². The van der Waals surface area contributed by atoms with Crippen molar-refractivity contribution in [3.05, 3.63) is 0 Å². The quantitative estimate of drug-likeness (QED) is 0.643. The first-order valence-electron chi connectivity index (χ1n) is 6.23. The predicted octanol–water partition coefficient (Wildman–Crippen LogP) is 2.25. The Morgan fingerprint density at radius 3 is 2.50 bits per heavy atom. The summed E-state index contributed by atoms with van der Waals surface area (Å²) in [6.07, 6.45) is 6.82. The molecule has 0 saturated heterocycles.